The predicted octanol–water partition coefficient (Wildman–Crippen LogP) is 5.39. The lowest BCUT2D eigenvalue weighted by Gasteiger charge is -2.11. The van der Waals surface area contributed by atoms with Crippen LogP contribution in [0.15, 0.2) is 59.2 Å². The van der Waals surface area contributed by atoms with E-state index in [1.807, 2.05) is 30.3 Å². The van der Waals surface area contributed by atoms with E-state index >= 15 is 0 Å². The maximum Gasteiger partial charge on any atom is 0.131 e. The van der Waals surface area contributed by atoms with Gasteiger partial charge < -0.3 is 5.32 Å². The molecule has 1 heterocycles. The minimum Gasteiger partial charge on any atom is -0.355 e. The fraction of sp³-hybridized carbons (Fsp3) is 0. The fourth-order valence-electron chi connectivity index (χ4n) is 2.01. The van der Waals surface area contributed by atoms with Crippen LogP contribution in [0.3, 0.4) is 0 Å². The number of aromatic nitrogens is 1. The van der Waals surface area contributed by atoms with Crippen molar-refractivity contribution in [2.75, 3.05) is 5.32 Å². The Morgan fingerprint density at radius 3 is 2.58 bits per heavy atom. The summed E-state index contributed by atoms with van der Waals surface area (Å²) in [5.41, 5.74) is 1.97. The van der Waals surface area contributed by atoms with Crippen molar-refractivity contribution in [2.24, 2.45) is 0 Å². The van der Waals surface area contributed by atoms with E-state index in [1.165, 1.54) is 5.39 Å². The molecule has 1 N–H and O–H groups in total. The van der Waals surface area contributed by atoms with Gasteiger partial charge in [0.2, 0.25) is 0 Å². The number of rotatable bonds is 2. The summed E-state index contributed by atoms with van der Waals surface area (Å²) in [7, 11) is 0. The number of nitrogens with zero attached hydrogens (tertiary/aromatic N) is 1. The van der Waals surface area contributed by atoms with Crippen molar-refractivity contribution in [3.63, 3.8) is 0 Å². The molecule has 0 aliphatic rings. The smallest absolute Gasteiger partial charge is 0.131 e. The zero-order valence-electron chi connectivity index (χ0n) is 9.90. The summed E-state index contributed by atoms with van der Waals surface area (Å²) in [6.45, 7) is 0. The second-order valence-corrected chi connectivity index (χ2v) is 5.37. The van der Waals surface area contributed by atoms with Gasteiger partial charge in [-0.05, 0) is 29.7 Å². The monoisotopic (exact) mass is 332 g/mol. The molecule has 0 amide bonds. The zero-order chi connectivity index (χ0) is 13.2. The molecule has 3 aromatic rings. The van der Waals surface area contributed by atoms with Crippen LogP contribution in [0.1, 0.15) is 0 Å². The van der Waals surface area contributed by atoms with Gasteiger partial charge in [-0.25, -0.2) is 4.98 Å². The molecule has 0 radical (unpaired) electrons. The van der Waals surface area contributed by atoms with Crippen molar-refractivity contribution in [1.29, 1.82) is 0 Å². The average molecular weight is 334 g/mol. The first-order valence-electron chi connectivity index (χ1n) is 5.80. The summed E-state index contributed by atoms with van der Waals surface area (Å²) >= 11 is 9.47. The van der Waals surface area contributed by atoms with Gasteiger partial charge in [-0.3, -0.25) is 0 Å². The van der Waals surface area contributed by atoms with Crippen molar-refractivity contribution in [2.45, 2.75) is 0 Å². The van der Waals surface area contributed by atoms with E-state index in [1.54, 1.807) is 12.3 Å². The molecule has 2 nitrogen and oxygen atoms in total. The number of fused-ring (bicyclic) bond motifs is 1. The number of hydrogen-bond acceptors (Lipinski definition) is 2. The van der Waals surface area contributed by atoms with Crippen molar-refractivity contribution < 1.29 is 0 Å². The number of benzene rings is 2. The highest BCUT2D eigenvalue weighted by Crippen LogP contribution is 2.31. The van der Waals surface area contributed by atoms with Crippen molar-refractivity contribution in [1.82, 2.24) is 4.98 Å². The topological polar surface area (TPSA) is 24.9 Å². The summed E-state index contributed by atoms with van der Waals surface area (Å²) in [5, 5.41) is 6.18. The van der Waals surface area contributed by atoms with Gasteiger partial charge in [0.25, 0.3) is 0 Å². The molecule has 0 unspecified atom stereocenters. The van der Waals surface area contributed by atoms with Gasteiger partial charge >= 0.3 is 0 Å². The van der Waals surface area contributed by atoms with Crippen molar-refractivity contribution >= 4 is 49.7 Å². The third-order valence-corrected chi connectivity index (χ3v) is 3.77. The molecule has 4 heteroatoms. The molecule has 0 aliphatic carbocycles. The molecular weight excluding hydrogens is 324 g/mol. The third kappa shape index (κ3) is 2.57. The average Bonchev–Trinajstić information content (AvgIpc) is 2.42. The second kappa shape index (κ2) is 5.19. The standard InChI is InChI=1S/C15H10BrClN2/c16-13-5-6-14(12-4-2-1-3-11(12)13)19-10-7-8-18-15(17)9-10/h1-9H,(H,18,19). The molecule has 19 heavy (non-hydrogen) atoms. The summed E-state index contributed by atoms with van der Waals surface area (Å²) in [6, 6.07) is 16.0. The van der Waals surface area contributed by atoms with Crippen LogP contribution in [0.2, 0.25) is 5.15 Å². The van der Waals surface area contributed by atoms with Crippen LogP contribution in [0.4, 0.5) is 11.4 Å². The number of hydrogen-bond donors (Lipinski definition) is 1. The molecule has 94 valence electrons. The maximum atomic E-state index is 5.90. The van der Waals surface area contributed by atoms with Crippen LogP contribution in [0.5, 0.6) is 0 Å². The van der Waals surface area contributed by atoms with E-state index in [2.05, 4.69) is 38.4 Å². The molecule has 0 aliphatic heterocycles. The lowest BCUT2D eigenvalue weighted by molar-refractivity contribution is 1.32. The lowest BCUT2D eigenvalue weighted by atomic mass is 10.1. The largest absolute Gasteiger partial charge is 0.355 e. The van der Waals surface area contributed by atoms with Gasteiger partial charge in [-0.1, -0.05) is 51.8 Å². The van der Waals surface area contributed by atoms with Gasteiger partial charge in [0.05, 0.1) is 0 Å². The number of nitrogens with one attached hydrogen (secondary N) is 1. The predicted molar refractivity (Wildman–Crippen MR) is 84.2 cm³/mol. The van der Waals surface area contributed by atoms with Gasteiger partial charge in [0, 0.05) is 27.4 Å². The summed E-state index contributed by atoms with van der Waals surface area (Å²) in [6.07, 6.45) is 1.69. The van der Waals surface area contributed by atoms with Crippen LogP contribution in [0, 0.1) is 0 Å². The molecule has 1 aromatic heterocycles. The molecule has 0 atom stereocenters. The van der Waals surface area contributed by atoms with Crippen LogP contribution < -0.4 is 5.32 Å². The van der Waals surface area contributed by atoms with Crippen LogP contribution in [-0.2, 0) is 0 Å². The Morgan fingerprint density at radius 1 is 1.00 bits per heavy atom. The quantitative estimate of drug-likeness (QED) is 0.636. The van der Waals surface area contributed by atoms with Crippen LogP contribution in [0.25, 0.3) is 10.8 Å². The molecule has 3 rings (SSSR count). The fourth-order valence-corrected chi connectivity index (χ4v) is 2.66. The summed E-state index contributed by atoms with van der Waals surface area (Å²) in [4.78, 5) is 3.98. The Bertz CT molecular complexity index is 743. The summed E-state index contributed by atoms with van der Waals surface area (Å²) in [5.74, 6) is 0. The van der Waals surface area contributed by atoms with E-state index in [0.29, 0.717) is 5.15 Å². The van der Waals surface area contributed by atoms with Crippen molar-refractivity contribution in [3.05, 3.63) is 64.4 Å². The molecule has 0 saturated heterocycles. The Kier molecular flexibility index (Phi) is 3.40. The van der Waals surface area contributed by atoms with Gasteiger partial charge in [-0.15, -0.1) is 0 Å². The molecule has 2 aromatic carbocycles. The minimum atomic E-state index is 0.478. The van der Waals surface area contributed by atoms with Gasteiger partial charge in [-0.2, -0.15) is 0 Å². The van der Waals surface area contributed by atoms with E-state index in [-0.39, 0.29) is 0 Å². The molecule has 0 fully saturated rings. The van der Waals surface area contributed by atoms with E-state index in [4.69, 9.17) is 11.6 Å². The van der Waals surface area contributed by atoms with E-state index in [0.717, 1.165) is 21.2 Å². The minimum absolute atomic E-state index is 0.478. The highest BCUT2D eigenvalue weighted by Gasteiger charge is 2.04. The zero-order valence-corrected chi connectivity index (χ0v) is 12.2. The summed E-state index contributed by atoms with van der Waals surface area (Å²) < 4.78 is 1.08. The molecular formula is C15H10BrClN2. The molecule has 0 bridgehead atoms. The SMILES string of the molecule is Clc1cc(Nc2ccc(Br)c3ccccc23)ccn1. The Balaban J connectivity index is 2.09. The Hall–Kier alpha value is -1.58. The highest BCUT2D eigenvalue weighted by atomic mass is 79.9. The van der Waals surface area contributed by atoms with Crippen molar-refractivity contribution in [3.8, 4) is 0 Å². The number of halogens is 2. The first-order chi connectivity index (χ1) is 9.24. The van der Waals surface area contributed by atoms with Gasteiger partial charge in [0.15, 0.2) is 0 Å². The third-order valence-electron chi connectivity index (χ3n) is 2.88. The first kappa shape index (κ1) is 12.5. The van der Waals surface area contributed by atoms with E-state index in [9.17, 15) is 0 Å². The van der Waals surface area contributed by atoms with Crippen LogP contribution in [-0.4, -0.2) is 4.98 Å². The van der Waals surface area contributed by atoms with Gasteiger partial charge in [0.1, 0.15) is 5.15 Å². The lowest BCUT2D eigenvalue weighted by Crippen LogP contribution is -1.92. The van der Waals surface area contributed by atoms with E-state index < -0.39 is 0 Å². The normalized spacial score (nSPS) is 10.6. The molecule has 0 spiro atoms. The highest BCUT2D eigenvalue weighted by molar-refractivity contribution is 9.10. The number of anilines is 2. The maximum absolute atomic E-state index is 5.90. The molecule has 0 saturated carbocycles. The Labute approximate surface area is 124 Å². The first-order valence-corrected chi connectivity index (χ1v) is 6.97. The number of pyridine rings is 1. The Morgan fingerprint density at radius 2 is 1.79 bits per heavy atom. The van der Waals surface area contributed by atoms with Crippen LogP contribution >= 0.6 is 27.5 Å². The second-order valence-electron chi connectivity index (χ2n) is 4.13.